The van der Waals surface area contributed by atoms with Gasteiger partial charge in [0.05, 0.1) is 10.7 Å². The van der Waals surface area contributed by atoms with Crippen LogP contribution in [0.3, 0.4) is 0 Å². The number of amides is 2. The molecule has 0 heterocycles. The number of hydrogen-bond donors (Lipinski definition) is 3. The van der Waals surface area contributed by atoms with E-state index in [0.717, 1.165) is 11.1 Å². The molecule has 0 unspecified atom stereocenters. The number of urea groups is 1. The number of rotatable bonds is 3. The maximum Gasteiger partial charge on any atom is 0.323 e. The molecule has 4 N–H and O–H groups in total. The van der Waals surface area contributed by atoms with Gasteiger partial charge in [-0.25, -0.2) is 4.79 Å². The van der Waals surface area contributed by atoms with Crippen molar-refractivity contribution in [3.8, 4) is 0 Å². The van der Waals surface area contributed by atoms with E-state index in [1.165, 1.54) is 0 Å². The van der Waals surface area contributed by atoms with E-state index in [4.69, 9.17) is 17.3 Å². The first-order valence-electron chi connectivity index (χ1n) is 6.40. The van der Waals surface area contributed by atoms with Crippen LogP contribution in [-0.2, 0) is 0 Å². The summed E-state index contributed by atoms with van der Waals surface area (Å²) in [6.45, 7) is 2.02. The zero-order valence-electron chi connectivity index (χ0n) is 11.6. The lowest BCUT2D eigenvalue weighted by atomic mass is 10.1. The molecule has 0 aliphatic heterocycles. The minimum atomic E-state index is -0.347. The van der Waals surface area contributed by atoms with Crippen LogP contribution in [0.1, 0.15) is 11.1 Å². The molecule has 21 heavy (non-hydrogen) atoms. The van der Waals surface area contributed by atoms with Crippen molar-refractivity contribution in [3.05, 3.63) is 64.8 Å². The third-order valence-electron chi connectivity index (χ3n) is 2.79. The first-order valence-corrected chi connectivity index (χ1v) is 6.78. The fourth-order valence-electron chi connectivity index (χ4n) is 1.76. The molecule has 0 spiro atoms. The van der Waals surface area contributed by atoms with E-state index in [0.29, 0.717) is 16.4 Å². The van der Waals surface area contributed by atoms with Gasteiger partial charge in [0.25, 0.3) is 0 Å². The van der Waals surface area contributed by atoms with Crippen LogP contribution in [0.15, 0.2) is 48.7 Å². The zero-order chi connectivity index (χ0) is 15.2. The van der Waals surface area contributed by atoms with Gasteiger partial charge in [-0.3, -0.25) is 0 Å². The molecule has 2 aromatic carbocycles. The number of nitrogen functional groups attached to an aromatic ring is 1. The quantitative estimate of drug-likeness (QED) is 0.749. The monoisotopic (exact) mass is 301 g/mol. The average Bonchev–Trinajstić information content (AvgIpc) is 2.43. The molecule has 108 valence electrons. The second-order valence-corrected chi connectivity index (χ2v) is 4.99. The molecule has 4 nitrogen and oxygen atoms in total. The Hall–Kier alpha value is -2.46. The second-order valence-electron chi connectivity index (χ2n) is 4.58. The molecule has 0 fully saturated rings. The van der Waals surface area contributed by atoms with E-state index in [1.54, 1.807) is 24.4 Å². The maximum atomic E-state index is 11.7. The average molecular weight is 302 g/mol. The summed E-state index contributed by atoms with van der Waals surface area (Å²) in [7, 11) is 0. The van der Waals surface area contributed by atoms with E-state index < -0.39 is 0 Å². The molecule has 2 amide bonds. The van der Waals surface area contributed by atoms with Gasteiger partial charge in [-0.1, -0.05) is 41.4 Å². The number of aryl methyl sites for hydroxylation is 1. The van der Waals surface area contributed by atoms with Crippen molar-refractivity contribution < 1.29 is 4.79 Å². The van der Waals surface area contributed by atoms with Gasteiger partial charge < -0.3 is 16.4 Å². The molecule has 0 atom stereocenters. The van der Waals surface area contributed by atoms with Gasteiger partial charge in [0.1, 0.15) is 0 Å². The van der Waals surface area contributed by atoms with Crippen LogP contribution in [-0.4, -0.2) is 6.03 Å². The van der Waals surface area contributed by atoms with Gasteiger partial charge >= 0.3 is 6.03 Å². The smallest absolute Gasteiger partial charge is 0.323 e. The fourth-order valence-corrected chi connectivity index (χ4v) is 1.94. The van der Waals surface area contributed by atoms with Crippen LogP contribution < -0.4 is 16.4 Å². The number of anilines is 2. The Bertz CT molecular complexity index is 683. The number of benzene rings is 2. The lowest BCUT2D eigenvalue weighted by molar-refractivity contribution is 0.255. The Morgan fingerprint density at radius 1 is 1.24 bits per heavy atom. The third kappa shape index (κ3) is 4.54. The highest BCUT2D eigenvalue weighted by Gasteiger charge is 2.02. The zero-order valence-corrected chi connectivity index (χ0v) is 12.3. The summed E-state index contributed by atoms with van der Waals surface area (Å²) in [5, 5.41) is 5.70. The molecule has 5 heteroatoms. The van der Waals surface area contributed by atoms with Crippen LogP contribution in [0.2, 0.25) is 5.02 Å². The minimum Gasteiger partial charge on any atom is -0.398 e. The highest BCUT2D eigenvalue weighted by atomic mass is 35.5. The third-order valence-corrected chi connectivity index (χ3v) is 3.12. The molecule has 2 aromatic rings. The van der Waals surface area contributed by atoms with Gasteiger partial charge in [-0.05, 0) is 36.8 Å². The number of nitrogens with one attached hydrogen (secondary N) is 2. The van der Waals surface area contributed by atoms with Crippen molar-refractivity contribution in [3.63, 3.8) is 0 Å². The number of hydrogen-bond acceptors (Lipinski definition) is 2. The van der Waals surface area contributed by atoms with Crippen LogP contribution in [0.25, 0.3) is 6.08 Å². The summed E-state index contributed by atoms with van der Waals surface area (Å²) >= 11 is 5.89. The van der Waals surface area contributed by atoms with E-state index >= 15 is 0 Å². The number of halogens is 1. The predicted molar refractivity (Wildman–Crippen MR) is 88.2 cm³/mol. The fraction of sp³-hybridized carbons (Fsp3) is 0.0625. The van der Waals surface area contributed by atoms with Crippen LogP contribution in [0.5, 0.6) is 0 Å². The molecule has 0 aliphatic rings. The molecule has 0 bridgehead atoms. The van der Waals surface area contributed by atoms with Crippen molar-refractivity contribution in [2.75, 3.05) is 11.1 Å². The molecule has 0 radical (unpaired) electrons. The normalized spacial score (nSPS) is 10.6. The van der Waals surface area contributed by atoms with E-state index in [-0.39, 0.29) is 6.03 Å². The molecule has 0 aromatic heterocycles. The van der Waals surface area contributed by atoms with Crippen molar-refractivity contribution in [2.24, 2.45) is 0 Å². The summed E-state index contributed by atoms with van der Waals surface area (Å²) < 4.78 is 0. The summed E-state index contributed by atoms with van der Waals surface area (Å²) in [4.78, 5) is 11.7. The van der Waals surface area contributed by atoms with Gasteiger partial charge in [0.2, 0.25) is 0 Å². The van der Waals surface area contributed by atoms with Gasteiger partial charge in [0, 0.05) is 11.9 Å². The van der Waals surface area contributed by atoms with Crippen molar-refractivity contribution in [2.45, 2.75) is 6.92 Å². The highest BCUT2D eigenvalue weighted by molar-refractivity contribution is 6.33. The Morgan fingerprint density at radius 2 is 2.05 bits per heavy atom. The summed E-state index contributed by atoms with van der Waals surface area (Å²) in [5.74, 6) is 0. The van der Waals surface area contributed by atoms with Crippen molar-refractivity contribution in [1.29, 1.82) is 0 Å². The number of carbonyl (C=O) groups excluding carboxylic acids is 1. The van der Waals surface area contributed by atoms with E-state index in [9.17, 15) is 4.79 Å². The van der Waals surface area contributed by atoms with Gasteiger partial charge in [-0.15, -0.1) is 0 Å². The van der Waals surface area contributed by atoms with Crippen LogP contribution >= 0.6 is 11.6 Å². The highest BCUT2D eigenvalue weighted by Crippen LogP contribution is 2.22. The molecule has 0 aliphatic carbocycles. The lowest BCUT2D eigenvalue weighted by Gasteiger charge is -2.06. The Kier molecular flexibility index (Phi) is 4.85. The SMILES string of the molecule is Cc1cccc(/C=C/NC(=O)Nc2ccc(N)c(Cl)c2)c1. The van der Waals surface area contributed by atoms with Crippen LogP contribution in [0.4, 0.5) is 16.2 Å². The number of nitrogens with two attached hydrogens (primary N) is 1. The summed E-state index contributed by atoms with van der Waals surface area (Å²) in [6.07, 6.45) is 3.41. The Morgan fingerprint density at radius 3 is 2.76 bits per heavy atom. The molecular formula is C16H16ClN3O. The summed E-state index contributed by atoms with van der Waals surface area (Å²) in [6, 6.07) is 12.5. The topological polar surface area (TPSA) is 67.2 Å². The van der Waals surface area contributed by atoms with Gasteiger partial charge in [-0.2, -0.15) is 0 Å². The second kappa shape index (κ2) is 6.81. The summed E-state index contributed by atoms with van der Waals surface area (Å²) in [5.41, 5.74) is 8.84. The first-order chi connectivity index (χ1) is 10.0. The molecule has 2 rings (SSSR count). The Labute approximate surface area is 128 Å². The minimum absolute atomic E-state index is 0.347. The lowest BCUT2D eigenvalue weighted by Crippen LogP contribution is -2.23. The number of carbonyl (C=O) groups is 1. The molecule has 0 saturated carbocycles. The standard InChI is InChI=1S/C16H16ClN3O/c1-11-3-2-4-12(9-11)7-8-19-16(21)20-13-5-6-15(18)14(17)10-13/h2-10H,18H2,1H3,(H2,19,20,21)/b8-7+. The largest absolute Gasteiger partial charge is 0.398 e. The maximum absolute atomic E-state index is 11.7. The van der Waals surface area contributed by atoms with Crippen molar-refractivity contribution in [1.82, 2.24) is 5.32 Å². The van der Waals surface area contributed by atoms with Crippen LogP contribution in [0, 0.1) is 6.92 Å². The molecule has 0 saturated heterocycles. The first kappa shape index (κ1) is 14.9. The molecular weight excluding hydrogens is 286 g/mol. The van der Waals surface area contributed by atoms with Crippen molar-refractivity contribution >= 4 is 35.1 Å². The van der Waals surface area contributed by atoms with E-state index in [1.807, 2.05) is 37.3 Å². The van der Waals surface area contributed by atoms with E-state index in [2.05, 4.69) is 10.6 Å². The van der Waals surface area contributed by atoms with Gasteiger partial charge in [0.15, 0.2) is 0 Å². The predicted octanol–water partition coefficient (Wildman–Crippen LogP) is 4.02. The Balaban J connectivity index is 1.91.